The van der Waals surface area contributed by atoms with Gasteiger partial charge in [0.05, 0.1) is 5.60 Å². The Morgan fingerprint density at radius 1 is 1.10 bits per heavy atom. The van der Waals surface area contributed by atoms with E-state index in [0.717, 1.165) is 32.1 Å². The van der Waals surface area contributed by atoms with Gasteiger partial charge >= 0.3 is 0 Å². The summed E-state index contributed by atoms with van der Waals surface area (Å²) in [6, 6.07) is 0. The molecule has 2 fully saturated rings. The fourth-order valence-corrected chi connectivity index (χ4v) is 2.51. The summed E-state index contributed by atoms with van der Waals surface area (Å²) in [6.07, 6.45) is 4.72. The second kappa shape index (κ2) is 1.74. The summed E-state index contributed by atoms with van der Waals surface area (Å²) >= 11 is 0. The molecule has 0 aromatic heterocycles. The van der Waals surface area contributed by atoms with E-state index < -0.39 is 0 Å². The van der Waals surface area contributed by atoms with E-state index in [2.05, 4.69) is 0 Å². The molecule has 2 nitrogen and oxygen atoms in total. The molecule has 0 saturated heterocycles. The molecule has 0 radical (unpaired) electrons. The maximum Gasteiger partial charge on any atom is 0.0654 e. The van der Waals surface area contributed by atoms with Crippen LogP contribution in [0, 0.1) is 5.41 Å². The van der Waals surface area contributed by atoms with Crippen LogP contribution in [-0.4, -0.2) is 22.4 Å². The molecule has 0 aromatic carbocycles. The van der Waals surface area contributed by atoms with Crippen molar-refractivity contribution in [2.75, 3.05) is 6.61 Å². The van der Waals surface area contributed by atoms with Gasteiger partial charge < -0.3 is 10.2 Å². The quantitative estimate of drug-likeness (QED) is 0.565. The van der Waals surface area contributed by atoms with E-state index in [-0.39, 0.29) is 17.6 Å². The molecule has 0 aliphatic heterocycles. The van der Waals surface area contributed by atoms with Crippen molar-refractivity contribution in [3.8, 4) is 0 Å². The Hall–Kier alpha value is -0.0800. The van der Waals surface area contributed by atoms with Crippen LogP contribution in [0.25, 0.3) is 0 Å². The van der Waals surface area contributed by atoms with Gasteiger partial charge in [0, 0.05) is 6.61 Å². The zero-order valence-corrected chi connectivity index (χ0v) is 6.14. The van der Waals surface area contributed by atoms with Crippen LogP contribution >= 0.6 is 0 Å². The van der Waals surface area contributed by atoms with E-state index in [1.54, 1.807) is 0 Å². The summed E-state index contributed by atoms with van der Waals surface area (Å²) in [6.45, 7) is 0.273. The summed E-state index contributed by atoms with van der Waals surface area (Å²) < 4.78 is 0. The van der Waals surface area contributed by atoms with Crippen LogP contribution in [0.15, 0.2) is 0 Å². The van der Waals surface area contributed by atoms with Crippen molar-refractivity contribution in [3.05, 3.63) is 0 Å². The first-order valence-corrected chi connectivity index (χ1v) is 4.01. The molecule has 2 saturated carbocycles. The van der Waals surface area contributed by atoms with E-state index in [9.17, 15) is 5.11 Å². The molecule has 2 aliphatic rings. The zero-order valence-electron chi connectivity index (χ0n) is 6.14. The zero-order chi connectivity index (χ0) is 7.24. The molecular weight excluding hydrogens is 128 g/mol. The molecule has 0 unspecified atom stereocenters. The fraction of sp³-hybridized carbons (Fsp3) is 1.00. The van der Waals surface area contributed by atoms with Crippen molar-refractivity contribution in [2.45, 2.75) is 37.7 Å². The minimum Gasteiger partial charge on any atom is -0.396 e. The Kier molecular flexibility index (Phi) is 1.15. The van der Waals surface area contributed by atoms with Crippen LogP contribution in [0.1, 0.15) is 32.1 Å². The third kappa shape index (κ3) is 0.722. The lowest BCUT2D eigenvalue weighted by atomic mass is 9.85. The minimum absolute atomic E-state index is 0.120. The fourth-order valence-electron chi connectivity index (χ4n) is 2.51. The van der Waals surface area contributed by atoms with Gasteiger partial charge in [-0.1, -0.05) is 0 Å². The average molecular weight is 142 g/mol. The van der Waals surface area contributed by atoms with E-state index >= 15 is 0 Å². The third-order valence-electron chi connectivity index (χ3n) is 3.28. The van der Waals surface area contributed by atoms with E-state index in [1.807, 2.05) is 0 Å². The standard InChI is InChI=1S/C8H14O2/c9-6-7-1-3-8(10,5-7)4-2-7/h9-10H,1-6H2. The lowest BCUT2D eigenvalue weighted by Crippen LogP contribution is -2.20. The summed E-state index contributed by atoms with van der Waals surface area (Å²) in [5.74, 6) is 0. The Labute approximate surface area is 60.9 Å². The number of hydrogen-bond donors (Lipinski definition) is 2. The summed E-state index contributed by atoms with van der Waals surface area (Å²) in [5.41, 5.74) is -0.266. The Bertz CT molecular complexity index is 145. The first-order chi connectivity index (χ1) is 4.68. The van der Waals surface area contributed by atoms with Gasteiger partial charge in [0.25, 0.3) is 0 Å². The summed E-state index contributed by atoms with van der Waals surface area (Å²) in [5, 5.41) is 18.8. The Balaban J connectivity index is 2.19. The van der Waals surface area contributed by atoms with E-state index in [0.29, 0.717) is 0 Å². The molecule has 0 heterocycles. The third-order valence-corrected chi connectivity index (χ3v) is 3.28. The van der Waals surface area contributed by atoms with Crippen LogP contribution in [-0.2, 0) is 0 Å². The molecule has 2 bridgehead atoms. The van der Waals surface area contributed by atoms with Gasteiger partial charge in [-0.25, -0.2) is 0 Å². The molecular formula is C8H14O2. The van der Waals surface area contributed by atoms with Crippen molar-refractivity contribution in [1.29, 1.82) is 0 Å². The number of aliphatic hydroxyl groups excluding tert-OH is 1. The predicted octanol–water partition coefficient (Wildman–Crippen LogP) is 0.674. The minimum atomic E-state index is -0.386. The maximum atomic E-state index is 9.73. The largest absolute Gasteiger partial charge is 0.396 e. The highest BCUT2D eigenvalue weighted by Crippen LogP contribution is 2.55. The van der Waals surface area contributed by atoms with Crippen LogP contribution < -0.4 is 0 Å². The highest BCUT2D eigenvalue weighted by atomic mass is 16.3. The second-order valence-electron chi connectivity index (χ2n) is 4.06. The van der Waals surface area contributed by atoms with Crippen LogP contribution in [0.4, 0.5) is 0 Å². The number of fused-ring (bicyclic) bond motifs is 2. The monoisotopic (exact) mass is 142 g/mol. The number of aliphatic hydroxyl groups is 2. The number of rotatable bonds is 1. The molecule has 2 N–H and O–H groups in total. The first kappa shape index (κ1) is 6.62. The molecule has 0 atom stereocenters. The SMILES string of the molecule is OCC12CCC(O)(CC1)C2. The summed E-state index contributed by atoms with van der Waals surface area (Å²) in [4.78, 5) is 0. The second-order valence-corrected chi connectivity index (χ2v) is 4.06. The molecule has 2 rings (SSSR count). The predicted molar refractivity (Wildman–Crippen MR) is 37.6 cm³/mol. The Morgan fingerprint density at radius 2 is 1.70 bits per heavy atom. The average Bonchev–Trinajstić information content (AvgIpc) is 2.42. The van der Waals surface area contributed by atoms with Crippen molar-refractivity contribution >= 4 is 0 Å². The molecule has 0 spiro atoms. The Morgan fingerprint density at radius 3 is 1.90 bits per heavy atom. The van der Waals surface area contributed by atoms with Gasteiger partial charge in [0.1, 0.15) is 0 Å². The molecule has 58 valence electrons. The molecule has 0 amide bonds. The molecule has 10 heavy (non-hydrogen) atoms. The van der Waals surface area contributed by atoms with Gasteiger partial charge in [-0.15, -0.1) is 0 Å². The summed E-state index contributed by atoms with van der Waals surface area (Å²) in [7, 11) is 0. The topological polar surface area (TPSA) is 40.5 Å². The van der Waals surface area contributed by atoms with Crippen molar-refractivity contribution < 1.29 is 10.2 Å². The van der Waals surface area contributed by atoms with Gasteiger partial charge in [0.2, 0.25) is 0 Å². The normalized spacial score (nSPS) is 52.2. The first-order valence-electron chi connectivity index (χ1n) is 4.01. The van der Waals surface area contributed by atoms with Crippen molar-refractivity contribution in [2.24, 2.45) is 5.41 Å². The van der Waals surface area contributed by atoms with Crippen LogP contribution in [0.2, 0.25) is 0 Å². The van der Waals surface area contributed by atoms with Gasteiger partial charge in [-0.2, -0.15) is 0 Å². The molecule has 0 aromatic rings. The smallest absolute Gasteiger partial charge is 0.0654 e. The molecule has 2 heteroatoms. The highest BCUT2D eigenvalue weighted by molar-refractivity contribution is 5.04. The lowest BCUT2D eigenvalue weighted by molar-refractivity contribution is 0.0520. The van der Waals surface area contributed by atoms with E-state index in [4.69, 9.17) is 5.11 Å². The van der Waals surface area contributed by atoms with E-state index in [1.165, 1.54) is 0 Å². The number of hydrogen-bond acceptors (Lipinski definition) is 2. The van der Waals surface area contributed by atoms with Gasteiger partial charge in [0.15, 0.2) is 0 Å². The maximum absolute atomic E-state index is 9.73. The van der Waals surface area contributed by atoms with Crippen molar-refractivity contribution in [1.82, 2.24) is 0 Å². The van der Waals surface area contributed by atoms with Crippen LogP contribution in [0.3, 0.4) is 0 Å². The van der Waals surface area contributed by atoms with Crippen molar-refractivity contribution in [3.63, 3.8) is 0 Å². The van der Waals surface area contributed by atoms with Gasteiger partial charge in [-0.3, -0.25) is 0 Å². The van der Waals surface area contributed by atoms with Gasteiger partial charge in [-0.05, 0) is 37.5 Å². The lowest BCUT2D eigenvalue weighted by Gasteiger charge is -2.23. The highest BCUT2D eigenvalue weighted by Gasteiger charge is 2.52. The van der Waals surface area contributed by atoms with Crippen LogP contribution in [0.5, 0.6) is 0 Å². The molecule has 2 aliphatic carbocycles.